The molecule has 36 heavy (non-hydrogen) atoms. The number of benzene rings is 1. The van der Waals surface area contributed by atoms with Crippen LogP contribution in [0.25, 0.3) is 5.76 Å². The number of aliphatic hydroxyl groups is 1. The van der Waals surface area contributed by atoms with Crippen molar-refractivity contribution in [1.29, 1.82) is 0 Å². The molecule has 1 aromatic carbocycles. The van der Waals surface area contributed by atoms with Crippen molar-refractivity contribution in [1.82, 2.24) is 19.4 Å². The SMILES string of the molecule is C=CCOc1ccc(C2C(=C(O)c3ccncc3)C(=O)C(=O)N2CCCn2ccnc2)cc1OCC. The molecule has 1 N–H and O–H groups in total. The number of likely N-dealkylation sites (tertiary alicyclic amines) is 1. The molecule has 1 aliphatic heterocycles. The first-order valence-electron chi connectivity index (χ1n) is 11.7. The fraction of sp³-hybridized carbons (Fsp3) is 0.259. The van der Waals surface area contributed by atoms with Gasteiger partial charge in [-0.3, -0.25) is 14.6 Å². The predicted octanol–water partition coefficient (Wildman–Crippen LogP) is 3.75. The van der Waals surface area contributed by atoms with Gasteiger partial charge >= 0.3 is 0 Å². The molecule has 0 radical (unpaired) electrons. The Bertz CT molecular complexity index is 1250. The van der Waals surface area contributed by atoms with Crippen molar-refractivity contribution >= 4 is 17.4 Å². The normalized spacial score (nSPS) is 16.8. The molecule has 0 bridgehead atoms. The molecule has 1 saturated heterocycles. The Labute approximate surface area is 209 Å². The van der Waals surface area contributed by atoms with Crippen LogP contribution in [-0.2, 0) is 16.1 Å². The number of imidazole rings is 1. The summed E-state index contributed by atoms with van der Waals surface area (Å²) in [6.07, 6.45) is 10.5. The number of pyridine rings is 1. The summed E-state index contributed by atoms with van der Waals surface area (Å²) in [5.74, 6) is -0.646. The van der Waals surface area contributed by atoms with Crippen molar-refractivity contribution in [3.05, 3.63) is 90.8 Å². The summed E-state index contributed by atoms with van der Waals surface area (Å²) < 4.78 is 13.4. The van der Waals surface area contributed by atoms with E-state index in [0.29, 0.717) is 55.4 Å². The smallest absolute Gasteiger partial charge is 0.295 e. The minimum absolute atomic E-state index is 0.0241. The third-order valence-corrected chi connectivity index (χ3v) is 5.81. The van der Waals surface area contributed by atoms with E-state index < -0.39 is 17.7 Å². The van der Waals surface area contributed by atoms with Crippen molar-refractivity contribution < 1.29 is 24.2 Å². The van der Waals surface area contributed by atoms with Crippen molar-refractivity contribution in [2.24, 2.45) is 0 Å². The zero-order valence-corrected chi connectivity index (χ0v) is 20.0. The molecular formula is C27H28N4O5. The monoisotopic (exact) mass is 488 g/mol. The quantitative estimate of drug-likeness (QED) is 0.190. The lowest BCUT2D eigenvalue weighted by Crippen LogP contribution is -2.31. The molecule has 1 fully saturated rings. The Morgan fingerprint density at radius 2 is 1.89 bits per heavy atom. The largest absolute Gasteiger partial charge is 0.507 e. The van der Waals surface area contributed by atoms with Crippen LogP contribution in [0.5, 0.6) is 11.5 Å². The summed E-state index contributed by atoms with van der Waals surface area (Å²) in [5.41, 5.74) is 1.06. The summed E-state index contributed by atoms with van der Waals surface area (Å²) in [7, 11) is 0. The molecule has 9 nitrogen and oxygen atoms in total. The second-order valence-electron chi connectivity index (χ2n) is 8.12. The molecule has 186 valence electrons. The minimum Gasteiger partial charge on any atom is -0.507 e. The maximum Gasteiger partial charge on any atom is 0.295 e. The molecule has 1 unspecified atom stereocenters. The number of ether oxygens (including phenoxy) is 2. The average molecular weight is 489 g/mol. The summed E-state index contributed by atoms with van der Waals surface area (Å²) in [6.45, 7) is 7.16. The van der Waals surface area contributed by atoms with Crippen molar-refractivity contribution in [3.63, 3.8) is 0 Å². The highest BCUT2D eigenvalue weighted by Gasteiger charge is 2.46. The number of aromatic nitrogens is 3. The highest BCUT2D eigenvalue weighted by Crippen LogP contribution is 2.42. The number of hydrogen-bond acceptors (Lipinski definition) is 7. The van der Waals surface area contributed by atoms with E-state index in [-0.39, 0.29) is 11.3 Å². The van der Waals surface area contributed by atoms with E-state index in [4.69, 9.17) is 9.47 Å². The second-order valence-corrected chi connectivity index (χ2v) is 8.12. The van der Waals surface area contributed by atoms with Crippen molar-refractivity contribution in [2.75, 3.05) is 19.8 Å². The summed E-state index contributed by atoms with van der Waals surface area (Å²) in [6, 6.07) is 7.66. The Hall–Kier alpha value is -4.40. The summed E-state index contributed by atoms with van der Waals surface area (Å²) in [5, 5.41) is 11.1. The zero-order valence-electron chi connectivity index (χ0n) is 20.0. The van der Waals surface area contributed by atoms with Crippen LogP contribution in [0.15, 0.2) is 79.7 Å². The lowest BCUT2D eigenvalue weighted by molar-refractivity contribution is -0.139. The molecule has 4 rings (SSSR count). The van der Waals surface area contributed by atoms with Gasteiger partial charge in [-0.15, -0.1) is 0 Å². The molecule has 1 atom stereocenters. The molecule has 1 aliphatic rings. The Morgan fingerprint density at radius 3 is 2.58 bits per heavy atom. The first kappa shape index (κ1) is 24.7. The third kappa shape index (κ3) is 5.14. The van der Waals surface area contributed by atoms with Gasteiger partial charge in [0.2, 0.25) is 0 Å². The molecular weight excluding hydrogens is 460 g/mol. The molecule has 2 aromatic heterocycles. The van der Waals surface area contributed by atoms with Crippen LogP contribution in [0.2, 0.25) is 0 Å². The maximum absolute atomic E-state index is 13.2. The van der Waals surface area contributed by atoms with Crippen molar-refractivity contribution in [3.8, 4) is 11.5 Å². The number of amides is 1. The minimum atomic E-state index is -0.798. The van der Waals surface area contributed by atoms with E-state index in [1.165, 1.54) is 17.3 Å². The number of ketones is 1. The Morgan fingerprint density at radius 1 is 1.08 bits per heavy atom. The number of carbonyl (C=O) groups excluding carboxylic acids is 2. The van der Waals surface area contributed by atoms with E-state index in [1.54, 1.807) is 48.9 Å². The van der Waals surface area contributed by atoms with E-state index in [0.717, 1.165) is 0 Å². The molecule has 3 heterocycles. The van der Waals surface area contributed by atoms with Crippen LogP contribution in [0.3, 0.4) is 0 Å². The van der Waals surface area contributed by atoms with E-state index in [2.05, 4.69) is 16.5 Å². The zero-order chi connectivity index (χ0) is 25.5. The van der Waals surface area contributed by atoms with Gasteiger partial charge in [-0.25, -0.2) is 4.98 Å². The first-order valence-corrected chi connectivity index (χ1v) is 11.7. The van der Waals surface area contributed by atoms with Crippen molar-refractivity contribution in [2.45, 2.75) is 25.9 Å². The van der Waals surface area contributed by atoms with Gasteiger partial charge in [0.1, 0.15) is 12.4 Å². The summed E-state index contributed by atoms with van der Waals surface area (Å²) >= 11 is 0. The number of hydrogen-bond donors (Lipinski definition) is 1. The highest BCUT2D eigenvalue weighted by atomic mass is 16.5. The van der Waals surface area contributed by atoms with Gasteiger partial charge in [0.05, 0.1) is 24.5 Å². The number of nitrogens with zero attached hydrogens (tertiary/aromatic N) is 4. The van der Waals surface area contributed by atoms with Gasteiger partial charge < -0.3 is 24.0 Å². The standard InChI is InChI=1S/C27H28N4O5/c1-3-16-36-21-7-6-20(17-22(21)35-4-2)24-23(25(32)19-8-10-28-11-9-19)26(33)27(34)31(24)14-5-13-30-15-12-29-18-30/h3,6-12,15,17-18,24,32H,1,4-5,13-14,16H2,2H3. The molecule has 1 amide bonds. The molecule has 0 aliphatic carbocycles. The lowest BCUT2D eigenvalue weighted by Gasteiger charge is -2.26. The Kier molecular flexibility index (Phi) is 7.79. The van der Waals surface area contributed by atoms with Gasteiger partial charge in [-0.2, -0.15) is 0 Å². The fourth-order valence-corrected chi connectivity index (χ4v) is 4.20. The number of aryl methyl sites for hydroxylation is 1. The maximum atomic E-state index is 13.2. The topological polar surface area (TPSA) is 107 Å². The van der Waals surface area contributed by atoms with Gasteiger partial charge in [0.15, 0.2) is 11.5 Å². The van der Waals surface area contributed by atoms with Crippen LogP contribution < -0.4 is 9.47 Å². The van der Waals surface area contributed by atoms with Gasteiger partial charge in [-0.05, 0) is 43.2 Å². The number of rotatable bonds is 11. The van der Waals surface area contributed by atoms with Crippen LogP contribution in [0.1, 0.15) is 30.5 Å². The van der Waals surface area contributed by atoms with Crippen LogP contribution in [0, 0.1) is 0 Å². The average Bonchev–Trinajstić information content (AvgIpc) is 3.50. The third-order valence-electron chi connectivity index (χ3n) is 5.81. The van der Waals surface area contributed by atoms with Crippen LogP contribution in [-0.4, -0.2) is 56.0 Å². The fourth-order valence-electron chi connectivity index (χ4n) is 4.20. The number of carbonyl (C=O) groups is 2. The summed E-state index contributed by atoms with van der Waals surface area (Å²) in [4.78, 5) is 35.9. The van der Waals surface area contributed by atoms with Gasteiger partial charge in [0, 0.05) is 43.4 Å². The van der Waals surface area contributed by atoms with Crippen LogP contribution in [0.4, 0.5) is 0 Å². The Balaban J connectivity index is 1.76. The molecule has 3 aromatic rings. The predicted molar refractivity (Wildman–Crippen MR) is 133 cm³/mol. The molecule has 0 spiro atoms. The number of Topliss-reactive ketones (excluding diaryl/α,β-unsaturated/α-hetero) is 1. The highest BCUT2D eigenvalue weighted by molar-refractivity contribution is 6.46. The van der Waals surface area contributed by atoms with E-state index >= 15 is 0 Å². The lowest BCUT2D eigenvalue weighted by atomic mass is 9.95. The van der Waals surface area contributed by atoms with Gasteiger partial charge in [-0.1, -0.05) is 18.7 Å². The second kappa shape index (κ2) is 11.4. The van der Waals surface area contributed by atoms with Gasteiger partial charge in [0.25, 0.3) is 11.7 Å². The molecule has 9 heteroatoms. The molecule has 0 saturated carbocycles. The van der Waals surface area contributed by atoms with E-state index in [9.17, 15) is 14.7 Å². The first-order chi connectivity index (χ1) is 17.5. The number of aliphatic hydroxyl groups excluding tert-OH is 1. The van der Waals surface area contributed by atoms with Crippen LogP contribution >= 0.6 is 0 Å². The van der Waals surface area contributed by atoms with E-state index in [1.807, 2.05) is 17.7 Å².